The summed E-state index contributed by atoms with van der Waals surface area (Å²) in [4.78, 5) is 29.0. The molecule has 2 aromatic carbocycles. The number of benzene rings is 2. The number of hydrogen-bond donors (Lipinski definition) is 1. The van der Waals surface area contributed by atoms with Crippen LogP contribution < -0.4 is 24.6 Å². The molecule has 316 valence electrons. The Kier molecular flexibility index (Phi) is 10.4. The normalized spacial score (nSPS) is 21.7. The van der Waals surface area contributed by atoms with Crippen molar-refractivity contribution >= 4 is 34.5 Å². The van der Waals surface area contributed by atoms with Gasteiger partial charge in [0.15, 0.2) is 23.2 Å². The van der Waals surface area contributed by atoms with Crippen LogP contribution in [-0.2, 0) is 6.42 Å². The van der Waals surface area contributed by atoms with Gasteiger partial charge in [0.1, 0.15) is 40.7 Å². The number of methoxy groups -OCH3 is 1. The summed E-state index contributed by atoms with van der Waals surface area (Å²) in [5, 5.41) is 31.4. The van der Waals surface area contributed by atoms with E-state index in [-0.39, 0.29) is 24.1 Å². The van der Waals surface area contributed by atoms with Crippen LogP contribution in [0.3, 0.4) is 0 Å². The first kappa shape index (κ1) is 39.5. The lowest BCUT2D eigenvalue weighted by Gasteiger charge is -2.29. The zero-order valence-corrected chi connectivity index (χ0v) is 35.9. The van der Waals surface area contributed by atoms with Gasteiger partial charge >= 0.3 is 0 Å². The molecule has 62 heavy (non-hydrogen) atoms. The number of rotatable bonds is 10. The van der Waals surface area contributed by atoms with Crippen molar-refractivity contribution in [2.75, 3.05) is 43.1 Å². The number of thiophene rings is 1. The van der Waals surface area contributed by atoms with Crippen molar-refractivity contribution in [3.8, 4) is 22.6 Å². The summed E-state index contributed by atoms with van der Waals surface area (Å²) in [5.41, 5.74) is 6.35. The SMILES string of the molecule is COc1cc(OC2CCC(NC(=O)c3ccc(N4C[C@H]5CN(c6ccc(C7=NC(Cc8ncco8)c8nnc(C)n8-c8sc(C)c(C)c87)cc6)C[C@H]5C4)nn3)CC2)ccc1C#N. The maximum absolute atomic E-state index is 13.2. The van der Waals surface area contributed by atoms with Crippen molar-refractivity contribution in [3.63, 3.8) is 0 Å². The Morgan fingerprint density at radius 3 is 2.40 bits per heavy atom. The molecule has 3 fully saturated rings. The van der Waals surface area contributed by atoms with Gasteiger partial charge in [0, 0.05) is 71.8 Å². The molecule has 4 aliphatic rings. The van der Waals surface area contributed by atoms with Gasteiger partial charge in [-0.15, -0.1) is 31.7 Å². The quantitative estimate of drug-likeness (QED) is 0.154. The highest BCUT2D eigenvalue weighted by Crippen LogP contribution is 2.41. The van der Waals surface area contributed by atoms with Crippen LogP contribution in [-0.4, -0.2) is 87.0 Å². The first-order valence-electron chi connectivity index (χ1n) is 21.2. The number of hydrogen-bond acceptors (Lipinski definition) is 14. The lowest BCUT2D eigenvalue weighted by molar-refractivity contribution is 0.0888. The number of aromatic nitrogens is 6. The molecule has 1 amide bonds. The molecule has 1 N–H and O–H groups in total. The van der Waals surface area contributed by atoms with Gasteiger partial charge in [0.25, 0.3) is 5.91 Å². The van der Waals surface area contributed by atoms with E-state index in [0.29, 0.717) is 46.9 Å². The number of anilines is 2. The zero-order valence-electron chi connectivity index (χ0n) is 35.1. The van der Waals surface area contributed by atoms with Crippen molar-refractivity contribution < 1.29 is 18.7 Å². The van der Waals surface area contributed by atoms with Crippen LogP contribution in [0.25, 0.3) is 5.00 Å². The smallest absolute Gasteiger partial charge is 0.272 e. The molecule has 16 heteroatoms. The average Bonchev–Trinajstić information content (AvgIpc) is 4.13. The van der Waals surface area contributed by atoms with Crippen LogP contribution in [0.5, 0.6) is 11.5 Å². The molecule has 10 rings (SSSR count). The Bertz CT molecular complexity index is 2660. The summed E-state index contributed by atoms with van der Waals surface area (Å²) in [6.45, 7) is 10.0. The molecule has 1 aliphatic carbocycles. The second-order valence-corrected chi connectivity index (χ2v) is 17.9. The Hall–Kier alpha value is -6.60. The highest BCUT2D eigenvalue weighted by atomic mass is 32.1. The Labute approximate surface area is 363 Å². The number of aryl methyl sites for hydroxylation is 2. The molecule has 15 nitrogen and oxygen atoms in total. The summed E-state index contributed by atoms with van der Waals surface area (Å²) in [6, 6.07) is 19.7. The topological polar surface area (TPSA) is 173 Å². The molecule has 3 aliphatic heterocycles. The van der Waals surface area contributed by atoms with Crippen molar-refractivity contribution in [1.29, 1.82) is 5.26 Å². The minimum atomic E-state index is -0.312. The minimum Gasteiger partial charge on any atom is -0.495 e. The number of ether oxygens (including phenoxy) is 2. The third-order valence-corrected chi connectivity index (χ3v) is 14.1. The summed E-state index contributed by atoms with van der Waals surface area (Å²) in [5.74, 6) is 5.01. The average molecular weight is 850 g/mol. The van der Waals surface area contributed by atoms with E-state index in [1.54, 1.807) is 55.2 Å². The highest BCUT2D eigenvalue weighted by molar-refractivity contribution is 7.15. The lowest BCUT2D eigenvalue weighted by atomic mass is 9.92. The molecular formula is C46H47N11O4S. The van der Waals surface area contributed by atoms with Gasteiger partial charge in [-0.1, -0.05) is 12.1 Å². The Morgan fingerprint density at radius 1 is 0.935 bits per heavy atom. The molecule has 3 atom stereocenters. The fraction of sp³-hybridized carbons (Fsp3) is 0.391. The van der Waals surface area contributed by atoms with E-state index in [1.165, 1.54) is 16.1 Å². The minimum absolute atomic E-state index is 0.0319. The first-order valence-corrected chi connectivity index (χ1v) is 22.0. The molecule has 0 radical (unpaired) electrons. The van der Waals surface area contributed by atoms with E-state index in [0.717, 1.165) is 91.2 Å². The first-order chi connectivity index (χ1) is 30.2. The van der Waals surface area contributed by atoms with Crippen molar-refractivity contribution in [1.82, 2.24) is 35.3 Å². The number of nitrogens with zero attached hydrogens (tertiary/aromatic N) is 10. The van der Waals surface area contributed by atoms with Gasteiger partial charge in [-0.25, -0.2) is 4.98 Å². The Morgan fingerprint density at radius 2 is 1.71 bits per heavy atom. The van der Waals surface area contributed by atoms with E-state index in [9.17, 15) is 10.1 Å². The summed E-state index contributed by atoms with van der Waals surface area (Å²) < 4.78 is 19.3. The number of oxazole rings is 1. The van der Waals surface area contributed by atoms with E-state index in [2.05, 4.69) is 89.2 Å². The number of aliphatic imine (C=N–C) groups is 1. The number of carbonyl (C=O) groups is 1. The number of fused-ring (bicyclic) bond motifs is 4. The third kappa shape index (κ3) is 7.44. The van der Waals surface area contributed by atoms with Gasteiger partial charge in [-0.3, -0.25) is 14.4 Å². The monoisotopic (exact) mass is 849 g/mol. The van der Waals surface area contributed by atoms with Gasteiger partial charge < -0.3 is 29.0 Å². The molecule has 0 spiro atoms. The maximum atomic E-state index is 13.2. The van der Waals surface area contributed by atoms with E-state index in [1.807, 2.05) is 13.0 Å². The van der Waals surface area contributed by atoms with Crippen LogP contribution in [0.1, 0.15) is 86.9 Å². The largest absolute Gasteiger partial charge is 0.495 e. The predicted molar refractivity (Wildman–Crippen MR) is 234 cm³/mol. The number of carbonyl (C=O) groups excluding carboxylic acids is 1. The fourth-order valence-electron chi connectivity index (χ4n) is 9.49. The van der Waals surface area contributed by atoms with Crippen LogP contribution in [0.2, 0.25) is 0 Å². The van der Waals surface area contributed by atoms with Crippen LogP contribution >= 0.6 is 11.3 Å². The predicted octanol–water partition coefficient (Wildman–Crippen LogP) is 6.74. The second kappa shape index (κ2) is 16.4. The Balaban J connectivity index is 0.751. The maximum Gasteiger partial charge on any atom is 0.272 e. The van der Waals surface area contributed by atoms with Crippen LogP contribution in [0.15, 0.2) is 76.5 Å². The lowest BCUT2D eigenvalue weighted by Crippen LogP contribution is -2.40. The van der Waals surface area contributed by atoms with E-state index < -0.39 is 0 Å². The summed E-state index contributed by atoms with van der Waals surface area (Å²) in [6.07, 6.45) is 6.99. The molecule has 6 aromatic rings. The molecular weight excluding hydrogens is 803 g/mol. The van der Waals surface area contributed by atoms with Gasteiger partial charge in [0.2, 0.25) is 0 Å². The van der Waals surface area contributed by atoms with Crippen LogP contribution in [0, 0.1) is 43.9 Å². The van der Waals surface area contributed by atoms with Gasteiger partial charge in [0.05, 0.1) is 37.1 Å². The molecule has 4 aromatic heterocycles. The highest BCUT2D eigenvalue weighted by Gasteiger charge is 2.41. The third-order valence-electron chi connectivity index (χ3n) is 12.9. The second-order valence-electron chi connectivity index (χ2n) is 16.7. The van der Waals surface area contributed by atoms with Gasteiger partial charge in [-0.05, 0) is 88.4 Å². The molecule has 1 unspecified atom stereocenters. The van der Waals surface area contributed by atoms with Crippen LogP contribution in [0.4, 0.5) is 11.5 Å². The molecule has 1 saturated carbocycles. The molecule has 0 bridgehead atoms. The van der Waals surface area contributed by atoms with E-state index >= 15 is 0 Å². The standard InChI is InChI=1S/C46H47N11O4S/c1-26-27(2)62-46-42(26)43(50-38(20-41-48-17-18-60-41)44-54-51-28(3)57(44)46)29-5-10-34(11-6-29)55-22-31-24-56(25-32(31)23-55)40-16-15-37(52-53-40)45(58)49-33-8-13-35(14-9-33)61-36-12-7-30(21-47)39(19-36)59-4/h5-7,10-12,15-19,31-33,35,38H,8-9,13-14,20,22-25H2,1-4H3,(H,49,58)/t31-,32+,33?,35?,38?. The number of nitriles is 1. The van der Waals surface area contributed by atoms with Crippen molar-refractivity contribution in [2.24, 2.45) is 16.8 Å². The summed E-state index contributed by atoms with van der Waals surface area (Å²) in [7, 11) is 1.54. The zero-order chi connectivity index (χ0) is 42.5. The fourth-order valence-corrected chi connectivity index (χ4v) is 10.7. The van der Waals surface area contributed by atoms with Crippen molar-refractivity contribution in [3.05, 3.63) is 117 Å². The molecule has 7 heterocycles. The number of nitrogens with one attached hydrogen (secondary N) is 1. The van der Waals surface area contributed by atoms with Gasteiger partial charge in [-0.2, -0.15) is 5.26 Å². The number of amides is 1. The molecule has 2 saturated heterocycles. The summed E-state index contributed by atoms with van der Waals surface area (Å²) >= 11 is 1.75. The van der Waals surface area contributed by atoms with Crippen molar-refractivity contribution in [2.45, 2.75) is 71.1 Å². The van der Waals surface area contributed by atoms with E-state index in [4.69, 9.17) is 18.9 Å².